The maximum absolute atomic E-state index is 9.85. The van der Waals surface area contributed by atoms with Crippen molar-refractivity contribution < 1.29 is 29.9 Å². The Kier molecular flexibility index (Phi) is 6.38. The second kappa shape index (κ2) is 9.68. The lowest BCUT2D eigenvalue weighted by molar-refractivity contribution is 0.0207. The molecule has 4 aliphatic heterocycles. The summed E-state index contributed by atoms with van der Waals surface area (Å²) in [5.41, 5.74) is 11.5. The SMILES string of the molecule is N#Cc1ncn2c1N[C@H]([C@H](O)CO)[C@H]1OC(N)=N[C@H]12.N#Cc1ncn2c1N[C@H]([C@H](O)CO)[C@H]1OC(N)=N[C@H]12. The van der Waals surface area contributed by atoms with Crippen molar-refractivity contribution in [2.24, 2.45) is 21.5 Å². The monoisotopic (exact) mass is 528 g/mol. The van der Waals surface area contributed by atoms with E-state index in [0.29, 0.717) is 11.6 Å². The number of nitrogens with two attached hydrogens (primary N) is 2. The number of rotatable bonds is 4. The van der Waals surface area contributed by atoms with Crippen molar-refractivity contribution in [3.63, 3.8) is 0 Å². The number of hydrogen-bond acceptors (Lipinski definition) is 16. The zero-order valence-corrected chi connectivity index (χ0v) is 19.5. The maximum Gasteiger partial charge on any atom is 0.284 e. The maximum atomic E-state index is 9.85. The molecular formula is C20H24N12O6. The lowest BCUT2D eigenvalue weighted by Gasteiger charge is -2.36. The Labute approximate surface area is 214 Å². The molecule has 2 aromatic rings. The van der Waals surface area contributed by atoms with Gasteiger partial charge >= 0.3 is 0 Å². The number of aliphatic imine (C=N–C) groups is 2. The summed E-state index contributed by atoms with van der Waals surface area (Å²) in [7, 11) is 0. The lowest BCUT2D eigenvalue weighted by atomic mass is 10.0. The molecule has 10 N–H and O–H groups in total. The second-order valence-corrected chi connectivity index (χ2v) is 8.69. The molecule has 2 aromatic heterocycles. The van der Waals surface area contributed by atoms with Crippen molar-refractivity contribution in [3.8, 4) is 12.1 Å². The second-order valence-electron chi connectivity index (χ2n) is 8.69. The van der Waals surface area contributed by atoms with Crippen molar-refractivity contribution in [1.82, 2.24) is 19.1 Å². The number of nitrogens with zero attached hydrogens (tertiary/aromatic N) is 8. The number of imidazole rings is 2. The molecule has 0 unspecified atom stereocenters. The van der Waals surface area contributed by atoms with E-state index in [1.54, 1.807) is 9.13 Å². The molecule has 0 fully saturated rings. The average Bonchev–Trinajstić information content (AvgIpc) is 3.69. The molecule has 6 rings (SSSR count). The van der Waals surface area contributed by atoms with Crippen molar-refractivity contribution in [3.05, 3.63) is 24.0 Å². The molecule has 0 amide bonds. The van der Waals surface area contributed by atoms with Crippen LogP contribution in [0.5, 0.6) is 0 Å². The first-order chi connectivity index (χ1) is 18.3. The van der Waals surface area contributed by atoms with E-state index < -0.39 is 62.0 Å². The van der Waals surface area contributed by atoms with Crippen LogP contribution in [0.2, 0.25) is 0 Å². The third-order valence-electron chi connectivity index (χ3n) is 6.51. The quantitative estimate of drug-likeness (QED) is 0.189. The van der Waals surface area contributed by atoms with Crippen molar-refractivity contribution in [1.29, 1.82) is 10.5 Å². The highest BCUT2D eigenvalue weighted by Crippen LogP contribution is 2.37. The van der Waals surface area contributed by atoms with Crippen LogP contribution in [0.1, 0.15) is 23.7 Å². The molecule has 0 saturated carbocycles. The molecule has 8 atom stereocenters. The zero-order chi connectivity index (χ0) is 27.1. The number of amidine groups is 2. The summed E-state index contributed by atoms with van der Waals surface area (Å²) in [5, 5.41) is 61.8. The van der Waals surface area contributed by atoms with Crippen molar-refractivity contribution in [2.75, 3.05) is 23.8 Å². The molecule has 18 heteroatoms. The number of anilines is 2. The normalized spacial score (nSPS) is 29.3. The van der Waals surface area contributed by atoms with E-state index in [1.807, 2.05) is 12.1 Å². The number of aliphatic hydroxyl groups excluding tert-OH is 4. The molecular weight excluding hydrogens is 504 g/mol. The highest BCUT2D eigenvalue weighted by molar-refractivity contribution is 5.74. The number of ether oxygens (including phenoxy) is 2. The number of hydrogen-bond donors (Lipinski definition) is 8. The highest BCUT2D eigenvalue weighted by Gasteiger charge is 2.47. The predicted octanol–water partition coefficient (Wildman–Crippen LogP) is -3.77. The summed E-state index contributed by atoms with van der Waals surface area (Å²) in [5.74, 6) is 0.867. The first-order valence-electron chi connectivity index (χ1n) is 11.4. The first-order valence-corrected chi connectivity index (χ1v) is 11.4. The van der Waals surface area contributed by atoms with Gasteiger partial charge in [0, 0.05) is 0 Å². The van der Waals surface area contributed by atoms with Gasteiger partial charge in [-0.3, -0.25) is 9.13 Å². The van der Waals surface area contributed by atoms with Crippen LogP contribution in [0.15, 0.2) is 22.6 Å². The van der Waals surface area contributed by atoms with Crippen LogP contribution in [0.3, 0.4) is 0 Å². The summed E-state index contributed by atoms with van der Waals surface area (Å²) in [4.78, 5) is 16.1. The largest absolute Gasteiger partial charge is 0.455 e. The van der Waals surface area contributed by atoms with Gasteiger partial charge in [0.2, 0.25) is 0 Å². The average molecular weight is 528 g/mol. The van der Waals surface area contributed by atoms with Crippen LogP contribution in [0.25, 0.3) is 0 Å². The number of fused-ring (bicyclic) bond motifs is 6. The lowest BCUT2D eigenvalue weighted by Crippen LogP contribution is -2.52. The third kappa shape index (κ3) is 3.97. The van der Waals surface area contributed by atoms with Crippen LogP contribution >= 0.6 is 0 Å². The van der Waals surface area contributed by atoms with Crippen LogP contribution in [-0.4, -0.2) is 101 Å². The van der Waals surface area contributed by atoms with Crippen LogP contribution < -0.4 is 22.1 Å². The summed E-state index contributed by atoms with van der Waals surface area (Å²) in [6, 6.07) is 2.64. The van der Waals surface area contributed by atoms with Crippen LogP contribution in [0, 0.1) is 22.7 Å². The van der Waals surface area contributed by atoms with Gasteiger partial charge in [0.25, 0.3) is 12.0 Å². The Morgan fingerprint density at radius 1 is 0.842 bits per heavy atom. The smallest absolute Gasteiger partial charge is 0.284 e. The Morgan fingerprint density at radius 2 is 1.24 bits per heavy atom. The fourth-order valence-corrected chi connectivity index (χ4v) is 4.74. The molecule has 200 valence electrons. The molecule has 6 heterocycles. The van der Waals surface area contributed by atoms with Gasteiger partial charge in [-0.2, -0.15) is 10.5 Å². The summed E-state index contributed by atoms with van der Waals surface area (Å²) in [6.07, 6.45) is -1.33. The van der Waals surface area contributed by atoms with E-state index in [-0.39, 0.29) is 23.4 Å². The number of aromatic nitrogens is 4. The summed E-state index contributed by atoms with van der Waals surface area (Å²) in [6.45, 7) is -0.889. The van der Waals surface area contributed by atoms with Gasteiger partial charge in [-0.1, -0.05) is 0 Å². The van der Waals surface area contributed by atoms with E-state index in [4.69, 9.17) is 41.7 Å². The van der Waals surface area contributed by atoms with Gasteiger partial charge in [0.15, 0.2) is 35.9 Å². The minimum absolute atomic E-state index is 0.00648. The van der Waals surface area contributed by atoms with Gasteiger partial charge in [-0.25, -0.2) is 20.0 Å². The summed E-state index contributed by atoms with van der Waals surface area (Å²) >= 11 is 0. The van der Waals surface area contributed by atoms with Gasteiger partial charge in [0.05, 0.1) is 38.0 Å². The molecule has 0 aromatic carbocycles. The molecule has 4 aliphatic rings. The summed E-state index contributed by atoms with van der Waals surface area (Å²) < 4.78 is 14.0. The molecule has 0 bridgehead atoms. The Hall–Kier alpha value is -4.62. The van der Waals surface area contributed by atoms with Gasteiger partial charge in [-0.15, -0.1) is 0 Å². The van der Waals surface area contributed by atoms with Crippen molar-refractivity contribution >= 4 is 23.7 Å². The Morgan fingerprint density at radius 3 is 1.58 bits per heavy atom. The standard InChI is InChI=1S/2C10H12N6O3/c2*11-1-4-8-14-6(5(18)2-17)7-9(15-10(12)19-7)16(8)3-13-4/h2*3,5-7,9,14,17-18H,2H2,(H2,12,15)/t2*5-,6-,7-,9+/m11/s1. The van der Waals surface area contributed by atoms with E-state index >= 15 is 0 Å². The fourth-order valence-electron chi connectivity index (χ4n) is 4.74. The minimum atomic E-state index is -1.07. The Bertz CT molecular complexity index is 1250. The highest BCUT2D eigenvalue weighted by atomic mass is 16.5. The zero-order valence-electron chi connectivity index (χ0n) is 19.5. The molecule has 0 aliphatic carbocycles. The number of nitriles is 2. The number of aliphatic hydroxyl groups is 4. The third-order valence-corrected chi connectivity index (χ3v) is 6.51. The van der Waals surface area contributed by atoms with E-state index in [0.717, 1.165) is 0 Å². The van der Waals surface area contributed by atoms with Crippen LogP contribution in [-0.2, 0) is 9.47 Å². The Balaban J connectivity index is 0.000000155. The molecule has 38 heavy (non-hydrogen) atoms. The molecule has 0 radical (unpaired) electrons. The van der Waals surface area contributed by atoms with E-state index in [1.165, 1.54) is 12.7 Å². The van der Waals surface area contributed by atoms with E-state index in [9.17, 15) is 10.2 Å². The van der Waals surface area contributed by atoms with Gasteiger partial charge in [0.1, 0.15) is 36.0 Å². The fraction of sp³-hybridized carbons (Fsp3) is 0.500. The topological polar surface area (TPSA) is 283 Å². The number of nitrogens with one attached hydrogen (secondary N) is 2. The van der Waals surface area contributed by atoms with Crippen LogP contribution in [0.4, 0.5) is 11.6 Å². The van der Waals surface area contributed by atoms with Crippen molar-refractivity contribution in [2.45, 2.75) is 48.8 Å². The van der Waals surface area contributed by atoms with E-state index in [2.05, 4.69) is 30.6 Å². The van der Waals surface area contributed by atoms with Gasteiger partial charge in [-0.05, 0) is 0 Å². The first kappa shape index (κ1) is 25.0. The predicted molar refractivity (Wildman–Crippen MR) is 126 cm³/mol. The van der Waals surface area contributed by atoms with Gasteiger partial charge < -0.3 is 52.0 Å². The molecule has 18 nitrogen and oxygen atoms in total. The molecule has 0 saturated heterocycles. The minimum Gasteiger partial charge on any atom is -0.455 e. The molecule has 0 spiro atoms.